The van der Waals surface area contributed by atoms with Crippen molar-refractivity contribution in [2.24, 2.45) is 0 Å². The van der Waals surface area contributed by atoms with Gasteiger partial charge in [0.05, 0.1) is 11.3 Å². The minimum Gasteiger partial charge on any atom is -0.328 e. The number of aryl methyl sites for hydroxylation is 2. The number of para-hydroxylation sites is 2. The summed E-state index contributed by atoms with van der Waals surface area (Å²) in [5.41, 5.74) is 3.73. The molecule has 0 aliphatic heterocycles. The van der Waals surface area contributed by atoms with Crippen LogP contribution in [0.3, 0.4) is 0 Å². The van der Waals surface area contributed by atoms with Gasteiger partial charge >= 0.3 is 0 Å². The van der Waals surface area contributed by atoms with Crippen LogP contribution in [0.2, 0.25) is 0 Å². The van der Waals surface area contributed by atoms with Gasteiger partial charge < -0.3 is 10.6 Å². The van der Waals surface area contributed by atoms with Crippen molar-refractivity contribution in [2.75, 3.05) is 10.6 Å². The summed E-state index contributed by atoms with van der Waals surface area (Å²) in [5.74, 6) is -0.243. The molecule has 0 aliphatic carbocycles. The molecular formula is C16H16N2O2. The van der Waals surface area contributed by atoms with Crippen molar-refractivity contribution < 1.29 is 9.59 Å². The Hall–Kier alpha value is -2.62. The van der Waals surface area contributed by atoms with E-state index in [9.17, 15) is 9.59 Å². The van der Waals surface area contributed by atoms with Crippen molar-refractivity contribution in [2.45, 2.75) is 13.8 Å². The number of anilines is 2. The lowest BCUT2D eigenvalue weighted by Gasteiger charge is -2.13. The maximum Gasteiger partial charge on any atom is 0.257 e. The quantitative estimate of drug-likeness (QED) is 0.837. The molecular weight excluding hydrogens is 252 g/mol. The second kappa shape index (κ2) is 6.02. The highest BCUT2D eigenvalue weighted by molar-refractivity contribution is 6.09. The van der Waals surface area contributed by atoms with Gasteiger partial charge in [-0.2, -0.15) is 0 Å². The van der Waals surface area contributed by atoms with E-state index in [0.717, 1.165) is 16.8 Å². The summed E-state index contributed by atoms with van der Waals surface area (Å²) < 4.78 is 0. The first kappa shape index (κ1) is 13.8. The van der Waals surface area contributed by atoms with Crippen molar-refractivity contribution in [1.82, 2.24) is 0 Å². The van der Waals surface area contributed by atoms with Crippen LogP contribution in [-0.4, -0.2) is 12.3 Å². The molecule has 2 aromatic rings. The molecule has 2 rings (SSSR count). The number of nitrogens with one attached hydrogen (secondary N) is 2. The van der Waals surface area contributed by atoms with Crippen LogP contribution < -0.4 is 10.6 Å². The van der Waals surface area contributed by atoms with Crippen LogP contribution in [0, 0.1) is 13.8 Å². The van der Waals surface area contributed by atoms with Crippen LogP contribution in [-0.2, 0) is 4.79 Å². The fourth-order valence-corrected chi connectivity index (χ4v) is 2.06. The molecule has 0 fully saturated rings. The molecule has 0 aliphatic rings. The van der Waals surface area contributed by atoms with Crippen molar-refractivity contribution >= 4 is 23.7 Å². The molecule has 0 spiro atoms. The lowest BCUT2D eigenvalue weighted by atomic mass is 10.1. The van der Waals surface area contributed by atoms with Gasteiger partial charge in [-0.1, -0.05) is 30.3 Å². The molecule has 0 aromatic heterocycles. The highest BCUT2D eigenvalue weighted by atomic mass is 16.2. The van der Waals surface area contributed by atoms with E-state index >= 15 is 0 Å². The molecule has 2 N–H and O–H groups in total. The Kier molecular flexibility index (Phi) is 4.15. The third-order valence-electron chi connectivity index (χ3n) is 3.11. The summed E-state index contributed by atoms with van der Waals surface area (Å²) in [7, 11) is 0. The molecule has 0 saturated heterocycles. The Labute approximate surface area is 117 Å². The maximum atomic E-state index is 12.3. The van der Waals surface area contributed by atoms with E-state index in [4.69, 9.17) is 0 Å². The summed E-state index contributed by atoms with van der Waals surface area (Å²) in [6, 6.07) is 12.7. The highest BCUT2D eigenvalue weighted by Gasteiger charge is 2.12. The van der Waals surface area contributed by atoms with E-state index in [1.807, 2.05) is 32.0 Å². The number of hydrogen-bond donors (Lipinski definition) is 2. The van der Waals surface area contributed by atoms with E-state index in [1.165, 1.54) is 0 Å². The Balaban J connectivity index is 2.31. The number of carbonyl (C=O) groups excluding carboxylic acids is 2. The minimum absolute atomic E-state index is 0.243. The van der Waals surface area contributed by atoms with Crippen molar-refractivity contribution in [3.8, 4) is 0 Å². The molecule has 2 amide bonds. The smallest absolute Gasteiger partial charge is 0.257 e. The van der Waals surface area contributed by atoms with Gasteiger partial charge in [-0.05, 0) is 37.1 Å². The fraction of sp³-hybridized carbons (Fsp3) is 0.125. The first-order valence-corrected chi connectivity index (χ1v) is 6.30. The van der Waals surface area contributed by atoms with Gasteiger partial charge in [0.25, 0.3) is 5.91 Å². The van der Waals surface area contributed by atoms with Crippen LogP contribution >= 0.6 is 0 Å². The summed E-state index contributed by atoms with van der Waals surface area (Å²) in [4.78, 5) is 22.9. The molecule has 4 heteroatoms. The van der Waals surface area contributed by atoms with E-state index in [2.05, 4.69) is 10.6 Å². The topological polar surface area (TPSA) is 58.2 Å². The van der Waals surface area contributed by atoms with Gasteiger partial charge in [0, 0.05) is 5.69 Å². The van der Waals surface area contributed by atoms with Crippen molar-refractivity contribution in [3.05, 3.63) is 59.2 Å². The summed E-state index contributed by atoms with van der Waals surface area (Å²) in [6.07, 6.45) is 0.561. The second-order valence-electron chi connectivity index (χ2n) is 4.53. The lowest BCUT2D eigenvalue weighted by molar-refractivity contribution is -0.105. The molecule has 20 heavy (non-hydrogen) atoms. The Morgan fingerprint density at radius 2 is 1.65 bits per heavy atom. The van der Waals surface area contributed by atoms with Crippen LogP contribution in [0.4, 0.5) is 11.4 Å². The largest absolute Gasteiger partial charge is 0.328 e. The Bertz CT molecular complexity index is 630. The van der Waals surface area contributed by atoms with Gasteiger partial charge in [-0.3, -0.25) is 9.59 Å². The predicted molar refractivity (Wildman–Crippen MR) is 80.0 cm³/mol. The molecule has 0 atom stereocenters. The van der Waals surface area contributed by atoms with Gasteiger partial charge in [0.2, 0.25) is 6.41 Å². The van der Waals surface area contributed by atoms with Gasteiger partial charge in [0.15, 0.2) is 0 Å². The third kappa shape index (κ3) is 2.85. The number of carbonyl (C=O) groups is 2. The number of hydrogen-bond acceptors (Lipinski definition) is 2. The van der Waals surface area contributed by atoms with Crippen molar-refractivity contribution in [3.63, 3.8) is 0 Å². The standard InChI is InChI=1S/C16H16N2O2/c1-11-6-5-7-12(2)15(11)18-16(20)13-8-3-4-9-14(13)17-10-19/h3-10H,1-2H3,(H,17,19)(H,18,20). The molecule has 4 nitrogen and oxygen atoms in total. The van der Waals surface area contributed by atoms with E-state index in [-0.39, 0.29) is 5.91 Å². The maximum absolute atomic E-state index is 12.3. The average Bonchev–Trinajstić information content (AvgIpc) is 2.44. The van der Waals surface area contributed by atoms with Crippen LogP contribution in [0.1, 0.15) is 21.5 Å². The normalized spacial score (nSPS) is 9.90. The SMILES string of the molecule is Cc1cccc(C)c1NC(=O)c1ccccc1NC=O. The third-order valence-corrected chi connectivity index (χ3v) is 3.11. The van der Waals surface area contributed by atoms with Crippen molar-refractivity contribution in [1.29, 1.82) is 0 Å². The van der Waals surface area contributed by atoms with Crippen LogP contribution in [0.5, 0.6) is 0 Å². The van der Waals surface area contributed by atoms with Gasteiger partial charge in [0.1, 0.15) is 0 Å². The van der Waals surface area contributed by atoms with E-state index in [1.54, 1.807) is 24.3 Å². The number of amides is 2. The monoisotopic (exact) mass is 268 g/mol. The Morgan fingerprint density at radius 1 is 1.00 bits per heavy atom. The van der Waals surface area contributed by atoms with Gasteiger partial charge in [-0.15, -0.1) is 0 Å². The average molecular weight is 268 g/mol. The zero-order chi connectivity index (χ0) is 14.5. The Morgan fingerprint density at radius 3 is 2.30 bits per heavy atom. The molecule has 0 saturated carbocycles. The minimum atomic E-state index is -0.243. The second-order valence-corrected chi connectivity index (χ2v) is 4.53. The summed E-state index contributed by atoms with van der Waals surface area (Å²) in [6.45, 7) is 3.89. The summed E-state index contributed by atoms with van der Waals surface area (Å²) in [5, 5.41) is 5.43. The molecule has 0 unspecified atom stereocenters. The number of benzene rings is 2. The molecule has 2 aromatic carbocycles. The summed E-state index contributed by atoms with van der Waals surface area (Å²) >= 11 is 0. The highest BCUT2D eigenvalue weighted by Crippen LogP contribution is 2.22. The van der Waals surface area contributed by atoms with Crippen LogP contribution in [0.25, 0.3) is 0 Å². The first-order valence-electron chi connectivity index (χ1n) is 6.30. The zero-order valence-electron chi connectivity index (χ0n) is 11.4. The number of rotatable bonds is 4. The fourth-order valence-electron chi connectivity index (χ4n) is 2.06. The van der Waals surface area contributed by atoms with Crippen LogP contribution in [0.15, 0.2) is 42.5 Å². The molecule has 0 heterocycles. The van der Waals surface area contributed by atoms with E-state index < -0.39 is 0 Å². The lowest BCUT2D eigenvalue weighted by Crippen LogP contribution is -2.15. The first-order chi connectivity index (χ1) is 9.63. The zero-order valence-corrected chi connectivity index (χ0v) is 11.4. The predicted octanol–water partition coefficient (Wildman–Crippen LogP) is 3.12. The van der Waals surface area contributed by atoms with Gasteiger partial charge in [-0.25, -0.2) is 0 Å². The molecule has 0 bridgehead atoms. The molecule has 102 valence electrons. The van der Waals surface area contributed by atoms with E-state index in [0.29, 0.717) is 17.7 Å². The molecule has 0 radical (unpaired) electrons.